The minimum absolute atomic E-state index is 0.00738. The normalized spacial score (nSPS) is 21.6. The van der Waals surface area contributed by atoms with E-state index in [0.717, 1.165) is 35.6 Å². The average Bonchev–Trinajstić information content (AvgIpc) is 3.56. The fourth-order valence-electron chi connectivity index (χ4n) is 7.19. The van der Waals surface area contributed by atoms with Gasteiger partial charge in [-0.2, -0.15) is 13.2 Å². The van der Waals surface area contributed by atoms with Crippen molar-refractivity contribution in [2.75, 3.05) is 23.3 Å². The van der Waals surface area contributed by atoms with E-state index in [-0.39, 0.29) is 50.1 Å². The number of piperidine rings is 1. The third kappa shape index (κ3) is 6.84. The van der Waals surface area contributed by atoms with Gasteiger partial charge in [0.25, 0.3) is 11.8 Å². The third-order valence-corrected chi connectivity index (χ3v) is 11.3. The van der Waals surface area contributed by atoms with E-state index in [9.17, 15) is 22.8 Å². The van der Waals surface area contributed by atoms with Crippen LogP contribution in [0.15, 0.2) is 36.4 Å². The molecule has 2 aromatic carbocycles. The predicted octanol–water partition coefficient (Wildman–Crippen LogP) is 7.87. The Kier molecular flexibility index (Phi) is 9.13. The fraction of sp³-hybridized carbons (Fsp3) is 0.444. The lowest BCUT2D eigenvalue weighted by Crippen LogP contribution is -2.40. The van der Waals surface area contributed by atoms with E-state index in [1.807, 2.05) is 37.6 Å². The minimum atomic E-state index is -4.21. The molecule has 3 aliphatic rings. The van der Waals surface area contributed by atoms with Crippen LogP contribution in [0.2, 0.25) is 10.0 Å². The van der Waals surface area contributed by atoms with Gasteiger partial charge in [0.2, 0.25) is 5.95 Å². The Labute approximate surface area is 297 Å². The lowest BCUT2D eigenvalue weighted by Gasteiger charge is -2.31. The second-order valence-corrected chi connectivity index (χ2v) is 14.7. The van der Waals surface area contributed by atoms with Crippen LogP contribution in [0, 0.1) is 31.6 Å². The van der Waals surface area contributed by atoms with Crippen molar-refractivity contribution < 1.29 is 22.8 Å². The minimum Gasteiger partial charge on any atom is -0.370 e. The van der Waals surface area contributed by atoms with Crippen LogP contribution in [0.1, 0.15) is 69.8 Å². The first kappa shape index (κ1) is 34.4. The monoisotopic (exact) mass is 727 g/mol. The maximum atomic E-state index is 13.8. The van der Waals surface area contributed by atoms with E-state index in [2.05, 4.69) is 25.8 Å². The number of nitrogens with zero attached hydrogens (tertiary/aromatic N) is 4. The zero-order valence-electron chi connectivity index (χ0n) is 27.9. The summed E-state index contributed by atoms with van der Waals surface area (Å²) in [5.41, 5.74) is 5.70. The van der Waals surface area contributed by atoms with Crippen molar-refractivity contribution in [2.24, 2.45) is 24.8 Å². The molecule has 2 aromatic heterocycles. The maximum absolute atomic E-state index is 13.8. The number of carbonyl (C=O) groups is 2. The smallest absolute Gasteiger partial charge is 0.370 e. The predicted molar refractivity (Wildman–Crippen MR) is 188 cm³/mol. The highest BCUT2D eigenvalue weighted by Crippen LogP contribution is 2.47. The Morgan fingerprint density at radius 3 is 2.36 bits per heavy atom. The number of rotatable bonds is 8. The quantitative estimate of drug-likeness (QED) is 0.171. The summed E-state index contributed by atoms with van der Waals surface area (Å²) in [7, 11) is 1.85. The van der Waals surface area contributed by atoms with Gasteiger partial charge in [0.15, 0.2) is 0 Å². The van der Waals surface area contributed by atoms with Gasteiger partial charge in [-0.05, 0) is 93.2 Å². The van der Waals surface area contributed by atoms with E-state index < -0.39 is 12.1 Å². The van der Waals surface area contributed by atoms with E-state index >= 15 is 0 Å². The number of pyridine rings is 1. The number of fused-ring (bicyclic) bond motifs is 2. The number of alkyl halides is 3. The molecule has 0 bridgehead atoms. The number of imidazole rings is 1. The van der Waals surface area contributed by atoms with Crippen molar-refractivity contribution in [2.45, 2.75) is 64.7 Å². The molecule has 3 fully saturated rings. The van der Waals surface area contributed by atoms with Crippen molar-refractivity contribution in [3.05, 3.63) is 74.5 Å². The van der Waals surface area contributed by atoms with Gasteiger partial charge >= 0.3 is 6.18 Å². The summed E-state index contributed by atoms with van der Waals surface area (Å²) >= 11 is 13.5. The largest absolute Gasteiger partial charge is 0.391 e. The molecule has 3 N–H and O–H groups in total. The number of halogens is 5. The van der Waals surface area contributed by atoms with Gasteiger partial charge in [-0.25, -0.2) is 9.97 Å². The lowest BCUT2D eigenvalue weighted by atomic mass is 9.85. The molecule has 0 spiro atoms. The fourth-order valence-corrected chi connectivity index (χ4v) is 7.72. The molecule has 2 aliphatic carbocycles. The Hall–Kier alpha value is -4.03. The number of carbonyl (C=O) groups excluding carboxylic acids is 2. The number of aryl methyl sites for hydroxylation is 3. The molecule has 4 aromatic rings. The molecular weight excluding hydrogens is 690 g/mol. The number of hydrogen-bond donors (Lipinski definition) is 3. The topological polar surface area (TPSA) is 104 Å². The van der Waals surface area contributed by atoms with Crippen molar-refractivity contribution >= 4 is 63.4 Å². The molecule has 14 heteroatoms. The molecule has 3 heterocycles. The first-order valence-electron chi connectivity index (χ1n) is 16.9. The van der Waals surface area contributed by atoms with E-state index in [0.29, 0.717) is 55.9 Å². The summed E-state index contributed by atoms with van der Waals surface area (Å²) in [6, 6.07) is 10.4. The lowest BCUT2D eigenvalue weighted by molar-refractivity contribution is -0.182. The molecule has 7 rings (SSSR count). The van der Waals surface area contributed by atoms with Crippen molar-refractivity contribution in [3.8, 4) is 0 Å². The molecule has 0 radical (unpaired) electrons. The van der Waals surface area contributed by atoms with E-state index in [1.165, 1.54) is 6.42 Å². The van der Waals surface area contributed by atoms with Gasteiger partial charge in [0.05, 0.1) is 43.9 Å². The number of amides is 2. The summed E-state index contributed by atoms with van der Waals surface area (Å²) in [6.07, 6.45) is -2.44. The van der Waals surface area contributed by atoms with Crippen LogP contribution >= 0.6 is 23.2 Å². The molecule has 9 nitrogen and oxygen atoms in total. The Balaban J connectivity index is 1.13. The van der Waals surface area contributed by atoms with Gasteiger partial charge in [-0.3, -0.25) is 9.59 Å². The number of aromatic nitrogens is 3. The first-order chi connectivity index (χ1) is 23.8. The van der Waals surface area contributed by atoms with Crippen LogP contribution in [-0.4, -0.2) is 51.7 Å². The van der Waals surface area contributed by atoms with Crippen molar-refractivity contribution in [1.82, 2.24) is 25.2 Å². The van der Waals surface area contributed by atoms with Gasteiger partial charge in [0.1, 0.15) is 5.69 Å². The van der Waals surface area contributed by atoms with Gasteiger partial charge in [-0.1, -0.05) is 35.3 Å². The third-order valence-electron chi connectivity index (χ3n) is 10.5. The molecule has 1 saturated heterocycles. The second-order valence-electron chi connectivity index (χ2n) is 13.9. The average molecular weight is 729 g/mol. The van der Waals surface area contributed by atoms with Crippen LogP contribution in [0.4, 0.5) is 30.5 Å². The van der Waals surface area contributed by atoms with E-state index in [4.69, 9.17) is 28.2 Å². The van der Waals surface area contributed by atoms with Crippen LogP contribution in [0.5, 0.6) is 0 Å². The number of anilines is 3. The second kappa shape index (κ2) is 13.3. The van der Waals surface area contributed by atoms with Gasteiger partial charge in [0, 0.05) is 38.4 Å². The molecule has 1 aliphatic heterocycles. The molecule has 50 heavy (non-hydrogen) atoms. The van der Waals surface area contributed by atoms with Gasteiger partial charge < -0.3 is 25.4 Å². The number of nitrogens with one attached hydrogen (secondary N) is 3. The number of benzene rings is 2. The first-order valence-corrected chi connectivity index (χ1v) is 17.6. The molecule has 2 amide bonds. The van der Waals surface area contributed by atoms with Crippen molar-refractivity contribution in [3.63, 3.8) is 0 Å². The molecular formula is C36H38Cl2F3N7O2. The summed E-state index contributed by atoms with van der Waals surface area (Å²) in [6.45, 7) is 5.62. The van der Waals surface area contributed by atoms with Crippen molar-refractivity contribution in [1.29, 1.82) is 0 Å². The number of hydrogen-bond acceptors (Lipinski definition) is 6. The maximum Gasteiger partial charge on any atom is 0.391 e. The summed E-state index contributed by atoms with van der Waals surface area (Å²) in [5, 5.41) is 9.82. The van der Waals surface area contributed by atoms with Crippen LogP contribution in [0.3, 0.4) is 0 Å². The summed E-state index contributed by atoms with van der Waals surface area (Å²) < 4.78 is 41.6. The molecule has 2 saturated carbocycles. The zero-order valence-corrected chi connectivity index (χ0v) is 29.4. The summed E-state index contributed by atoms with van der Waals surface area (Å²) in [5.74, 6) is -0.301. The highest BCUT2D eigenvalue weighted by atomic mass is 35.5. The zero-order chi connectivity index (χ0) is 35.5. The molecule has 2 atom stereocenters. The van der Waals surface area contributed by atoms with Crippen LogP contribution < -0.4 is 20.9 Å². The standard InChI is InChI=1S/C36H38Cl2F3N7O2/c1-18-4-11-27(43-19(18)2)34(50)42-15-20-5-10-26(37)32(31(20)38)46-35-45-28-13-25(33(49)44-24-8-6-23(7-9-24)36(39,40)41)29(14-30(28)47(35)3)48-16-21-12-22(21)17-48/h4-5,10-11,13-14,21-24H,6-9,12,15-17H2,1-3H3,(H,42,50)(H,44,49)(H,45,46)/t21?,22?,23-,24-. The Morgan fingerprint density at radius 2 is 1.68 bits per heavy atom. The van der Waals surface area contributed by atoms with Crippen LogP contribution in [-0.2, 0) is 13.6 Å². The molecule has 2 unspecified atom stereocenters. The Morgan fingerprint density at radius 1 is 0.960 bits per heavy atom. The SMILES string of the molecule is Cc1ccc(C(=O)NCc2ccc(Cl)c(Nc3nc4cc(C(=O)N[C@H]5CC[C@H](C(F)(F)F)CC5)c(N5CC6CC6C5)cc4n3C)c2Cl)nc1C. The van der Waals surface area contributed by atoms with Crippen LogP contribution in [0.25, 0.3) is 11.0 Å². The highest BCUT2D eigenvalue weighted by Gasteiger charge is 2.46. The Bertz CT molecular complexity index is 1980. The van der Waals surface area contributed by atoms with Gasteiger partial charge in [-0.15, -0.1) is 0 Å². The van der Waals surface area contributed by atoms with E-state index in [1.54, 1.807) is 24.3 Å². The highest BCUT2D eigenvalue weighted by molar-refractivity contribution is 6.39. The molecule has 264 valence electrons. The summed E-state index contributed by atoms with van der Waals surface area (Å²) in [4.78, 5) is 38.0.